The first-order valence-corrected chi connectivity index (χ1v) is 11.5. The van der Waals surface area contributed by atoms with Gasteiger partial charge >= 0.3 is 0 Å². The van der Waals surface area contributed by atoms with Crippen molar-refractivity contribution in [3.63, 3.8) is 0 Å². The molecule has 6 nitrogen and oxygen atoms in total. The molecule has 1 atom stereocenters. The second-order valence-corrected chi connectivity index (χ2v) is 10.6. The quantitative estimate of drug-likeness (QED) is 0.804. The average molecular weight is 388 g/mol. The standard InChI is InChI=1S/C20H24N2O4S/c23-27(24)12-8-19(9-13-27)14-16(19)17-21-18(22-26-17)20(6-10-25-11-7-20)15-4-2-1-3-5-15/h1-5,16H,6-14H2/t16-/m1/s1. The summed E-state index contributed by atoms with van der Waals surface area (Å²) in [7, 11) is -2.86. The van der Waals surface area contributed by atoms with Crippen molar-refractivity contribution in [1.29, 1.82) is 0 Å². The van der Waals surface area contributed by atoms with Gasteiger partial charge in [0.15, 0.2) is 5.82 Å². The highest BCUT2D eigenvalue weighted by Gasteiger charge is 2.59. The summed E-state index contributed by atoms with van der Waals surface area (Å²) in [6.07, 6.45) is 4.07. The van der Waals surface area contributed by atoms with Crippen LogP contribution in [-0.4, -0.2) is 43.3 Å². The zero-order valence-corrected chi connectivity index (χ0v) is 16.1. The third-order valence-corrected chi connectivity index (χ3v) is 8.50. The summed E-state index contributed by atoms with van der Waals surface area (Å²) < 4.78 is 34.8. The maximum Gasteiger partial charge on any atom is 0.230 e. The molecule has 2 aromatic rings. The minimum atomic E-state index is -2.86. The van der Waals surface area contributed by atoms with Crippen LogP contribution in [0.2, 0.25) is 0 Å². The lowest BCUT2D eigenvalue weighted by Crippen LogP contribution is -2.36. The molecule has 0 amide bonds. The molecule has 2 saturated heterocycles. The van der Waals surface area contributed by atoms with Gasteiger partial charge < -0.3 is 9.26 Å². The van der Waals surface area contributed by atoms with Gasteiger partial charge in [0, 0.05) is 19.1 Å². The molecule has 0 radical (unpaired) electrons. The van der Waals surface area contributed by atoms with Crippen molar-refractivity contribution in [2.45, 2.75) is 43.4 Å². The van der Waals surface area contributed by atoms with Crippen molar-refractivity contribution < 1.29 is 17.7 Å². The number of hydrogen-bond acceptors (Lipinski definition) is 6. The molecule has 144 valence electrons. The van der Waals surface area contributed by atoms with Gasteiger partial charge in [-0.05, 0) is 43.1 Å². The van der Waals surface area contributed by atoms with Crippen LogP contribution in [0.5, 0.6) is 0 Å². The van der Waals surface area contributed by atoms with Gasteiger partial charge in [0.25, 0.3) is 0 Å². The van der Waals surface area contributed by atoms with E-state index in [1.807, 2.05) is 18.2 Å². The molecule has 1 aromatic carbocycles. The molecule has 1 spiro atoms. The molecule has 3 fully saturated rings. The molecule has 0 unspecified atom stereocenters. The highest BCUT2D eigenvalue weighted by molar-refractivity contribution is 7.91. The Morgan fingerprint density at radius 3 is 2.41 bits per heavy atom. The van der Waals surface area contributed by atoms with E-state index in [0.717, 1.165) is 37.9 Å². The summed E-state index contributed by atoms with van der Waals surface area (Å²) in [5.74, 6) is 2.22. The van der Waals surface area contributed by atoms with E-state index in [1.165, 1.54) is 5.56 Å². The third kappa shape index (κ3) is 2.91. The van der Waals surface area contributed by atoms with Crippen molar-refractivity contribution >= 4 is 9.84 Å². The van der Waals surface area contributed by atoms with E-state index in [9.17, 15) is 8.42 Å². The van der Waals surface area contributed by atoms with Crippen LogP contribution in [0.4, 0.5) is 0 Å². The number of hydrogen-bond donors (Lipinski definition) is 0. The molecule has 5 rings (SSSR count). The SMILES string of the molecule is O=S1(=O)CCC2(CC1)C[C@@H]2c1nc(C2(c3ccccc3)CCOCC2)no1. The van der Waals surface area contributed by atoms with E-state index >= 15 is 0 Å². The zero-order valence-electron chi connectivity index (χ0n) is 15.3. The summed E-state index contributed by atoms with van der Waals surface area (Å²) in [5.41, 5.74) is 0.999. The van der Waals surface area contributed by atoms with E-state index in [-0.39, 0.29) is 28.3 Å². The summed E-state index contributed by atoms with van der Waals surface area (Å²) in [5, 5.41) is 4.40. The van der Waals surface area contributed by atoms with E-state index in [0.29, 0.717) is 19.1 Å². The predicted octanol–water partition coefficient (Wildman–Crippen LogP) is 2.85. The first-order chi connectivity index (χ1) is 13.0. The lowest BCUT2D eigenvalue weighted by atomic mass is 9.73. The summed E-state index contributed by atoms with van der Waals surface area (Å²) in [6, 6.07) is 10.4. The molecule has 27 heavy (non-hydrogen) atoms. The van der Waals surface area contributed by atoms with Crippen LogP contribution in [0, 0.1) is 5.41 Å². The van der Waals surface area contributed by atoms with Crippen LogP contribution >= 0.6 is 0 Å². The predicted molar refractivity (Wildman–Crippen MR) is 99.3 cm³/mol. The first kappa shape index (κ1) is 17.4. The van der Waals surface area contributed by atoms with Gasteiger partial charge in [0.05, 0.1) is 16.9 Å². The molecule has 1 aliphatic carbocycles. The lowest BCUT2D eigenvalue weighted by Gasteiger charge is -2.34. The fraction of sp³-hybridized carbons (Fsp3) is 0.600. The summed E-state index contributed by atoms with van der Waals surface area (Å²) in [6.45, 7) is 1.37. The maximum absolute atomic E-state index is 11.8. The molecule has 0 N–H and O–H groups in total. The molecular formula is C20H24N2O4S. The summed E-state index contributed by atoms with van der Waals surface area (Å²) in [4.78, 5) is 4.85. The Hall–Kier alpha value is -1.73. The molecule has 1 saturated carbocycles. The number of aromatic nitrogens is 2. The molecule has 7 heteroatoms. The van der Waals surface area contributed by atoms with Crippen LogP contribution in [0.3, 0.4) is 0 Å². The second kappa shape index (κ2) is 6.14. The van der Waals surface area contributed by atoms with Gasteiger partial charge in [-0.3, -0.25) is 0 Å². The van der Waals surface area contributed by atoms with Crippen LogP contribution in [0.15, 0.2) is 34.9 Å². The molecule has 2 aliphatic heterocycles. The number of sulfone groups is 1. The Morgan fingerprint density at radius 2 is 1.70 bits per heavy atom. The van der Waals surface area contributed by atoms with Crippen molar-refractivity contribution in [2.24, 2.45) is 5.41 Å². The molecule has 0 bridgehead atoms. The fourth-order valence-electron chi connectivity index (χ4n) is 4.88. The Kier molecular flexibility index (Phi) is 3.95. The van der Waals surface area contributed by atoms with Gasteiger partial charge in [0.2, 0.25) is 5.89 Å². The first-order valence-electron chi connectivity index (χ1n) is 9.71. The van der Waals surface area contributed by atoms with Crippen molar-refractivity contribution in [2.75, 3.05) is 24.7 Å². The highest BCUT2D eigenvalue weighted by Crippen LogP contribution is 2.65. The van der Waals surface area contributed by atoms with Crippen molar-refractivity contribution in [3.05, 3.63) is 47.6 Å². The van der Waals surface area contributed by atoms with Crippen LogP contribution in [-0.2, 0) is 20.0 Å². The van der Waals surface area contributed by atoms with E-state index < -0.39 is 9.84 Å². The van der Waals surface area contributed by atoms with E-state index in [4.69, 9.17) is 14.2 Å². The second-order valence-electron chi connectivity index (χ2n) is 8.29. The Morgan fingerprint density at radius 1 is 1.00 bits per heavy atom. The maximum atomic E-state index is 11.8. The van der Waals surface area contributed by atoms with Crippen LogP contribution in [0.1, 0.15) is 55.3 Å². The molecule has 3 aliphatic rings. The fourth-order valence-corrected chi connectivity index (χ4v) is 6.52. The Balaban J connectivity index is 1.43. The van der Waals surface area contributed by atoms with Crippen molar-refractivity contribution in [3.8, 4) is 0 Å². The van der Waals surface area contributed by atoms with Gasteiger partial charge in [0.1, 0.15) is 9.84 Å². The molecular weight excluding hydrogens is 364 g/mol. The number of rotatable bonds is 3. The minimum Gasteiger partial charge on any atom is -0.381 e. The van der Waals surface area contributed by atoms with Gasteiger partial charge in [-0.25, -0.2) is 8.42 Å². The number of benzene rings is 1. The average Bonchev–Trinajstić information content (AvgIpc) is 3.18. The van der Waals surface area contributed by atoms with Crippen molar-refractivity contribution in [1.82, 2.24) is 10.1 Å². The Labute approximate surface area is 159 Å². The highest BCUT2D eigenvalue weighted by atomic mass is 32.2. The topological polar surface area (TPSA) is 82.3 Å². The number of ether oxygens (including phenoxy) is 1. The van der Waals surface area contributed by atoms with E-state index in [1.54, 1.807) is 0 Å². The Bertz CT molecular complexity index is 918. The van der Waals surface area contributed by atoms with Gasteiger partial charge in [-0.2, -0.15) is 4.98 Å². The lowest BCUT2D eigenvalue weighted by molar-refractivity contribution is 0.0597. The van der Waals surface area contributed by atoms with Gasteiger partial charge in [-0.1, -0.05) is 35.5 Å². The molecule has 3 heterocycles. The minimum absolute atomic E-state index is 0.0602. The van der Waals surface area contributed by atoms with Crippen LogP contribution in [0.25, 0.3) is 0 Å². The largest absolute Gasteiger partial charge is 0.381 e. The summed E-state index contributed by atoms with van der Waals surface area (Å²) >= 11 is 0. The zero-order chi connectivity index (χ0) is 18.5. The normalized spacial score (nSPS) is 28.1. The van der Waals surface area contributed by atoms with Crippen LogP contribution < -0.4 is 0 Å². The molecule has 1 aromatic heterocycles. The smallest absolute Gasteiger partial charge is 0.230 e. The van der Waals surface area contributed by atoms with E-state index in [2.05, 4.69) is 17.3 Å². The number of nitrogens with zero attached hydrogens (tertiary/aromatic N) is 2. The van der Waals surface area contributed by atoms with Gasteiger partial charge in [-0.15, -0.1) is 0 Å². The third-order valence-electron chi connectivity index (χ3n) is 6.85. The monoisotopic (exact) mass is 388 g/mol.